The number of furan rings is 2. The third kappa shape index (κ3) is 4.28. The van der Waals surface area contributed by atoms with E-state index in [0.29, 0.717) is 0 Å². The van der Waals surface area contributed by atoms with Crippen molar-refractivity contribution in [2.75, 3.05) is 4.90 Å². The number of fused-ring (bicyclic) bond motifs is 6. The van der Waals surface area contributed by atoms with Gasteiger partial charge in [-0.3, -0.25) is 0 Å². The average molecular weight is 580 g/mol. The molecule has 0 saturated heterocycles. The molecule has 0 radical (unpaired) electrons. The highest BCUT2D eigenvalue weighted by Gasteiger charge is 2.23. The molecule has 0 aliphatic heterocycles. The van der Waals surface area contributed by atoms with Crippen LogP contribution in [-0.4, -0.2) is 0 Å². The van der Waals surface area contributed by atoms with Gasteiger partial charge in [-0.25, -0.2) is 0 Å². The van der Waals surface area contributed by atoms with E-state index in [1.807, 2.05) is 18.2 Å². The SMILES string of the molecule is C1=c2oc3ccccc3c2=C(N(c2cccc(-c3ccccc3)c2)c2ccccc2-c2ccc3oc4ccccc4c3c2)CC1. The first-order chi connectivity index (χ1) is 22.3. The molecule has 3 heteroatoms. The highest BCUT2D eigenvalue weighted by atomic mass is 16.3. The van der Waals surface area contributed by atoms with Gasteiger partial charge in [-0.05, 0) is 78.1 Å². The molecule has 214 valence electrons. The maximum atomic E-state index is 6.42. The molecule has 0 unspecified atom stereocenters. The van der Waals surface area contributed by atoms with Crippen molar-refractivity contribution in [2.24, 2.45) is 0 Å². The Morgan fingerprint density at radius 1 is 0.489 bits per heavy atom. The quantitative estimate of drug-likeness (QED) is 0.203. The lowest BCUT2D eigenvalue weighted by molar-refractivity contribution is 0.570. The Morgan fingerprint density at radius 2 is 1.20 bits per heavy atom. The molecule has 9 rings (SSSR count). The van der Waals surface area contributed by atoms with Gasteiger partial charge in [0, 0.05) is 38.3 Å². The van der Waals surface area contributed by atoms with Crippen molar-refractivity contribution in [2.45, 2.75) is 12.8 Å². The Hall–Kier alpha value is -5.80. The van der Waals surface area contributed by atoms with Crippen LogP contribution in [0.25, 0.3) is 66.9 Å². The van der Waals surface area contributed by atoms with Crippen LogP contribution < -0.4 is 15.5 Å². The van der Waals surface area contributed by atoms with Gasteiger partial charge >= 0.3 is 0 Å². The largest absolute Gasteiger partial charge is 0.456 e. The second kappa shape index (κ2) is 10.4. The minimum atomic E-state index is 0.895. The number of rotatable bonds is 5. The van der Waals surface area contributed by atoms with Gasteiger partial charge < -0.3 is 13.7 Å². The second-order valence-corrected chi connectivity index (χ2v) is 11.6. The summed E-state index contributed by atoms with van der Waals surface area (Å²) in [4.78, 5) is 2.47. The van der Waals surface area contributed by atoms with E-state index in [4.69, 9.17) is 8.83 Å². The number of benzene rings is 6. The van der Waals surface area contributed by atoms with Gasteiger partial charge in [0.15, 0.2) is 0 Å². The Balaban J connectivity index is 1.33. The number of anilines is 2. The minimum absolute atomic E-state index is 0.895. The van der Waals surface area contributed by atoms with Crippen LogP contribution in [0, 0.1) is 0 Å². The number of nitrogens with zero attached hydrogens (tertiary/aromatic N) is 1. The molecule has 2 aromatic heterocycles. The topological polar surface area (TPSA) is 29.5 Å². The van der Waals surface area contributed by atoms with Gasteiger partial charge in [-0.15, -0.1) is 0 Å². The molecule has 6 aromatic carbocycles. The Kier molecular flexibility index (Phi) is 5.95. The second-order valence-electron chi connectivity index (χ2n) is 11.6. The smallest absolute Gasteiger partial charge is 0.135 e. The van der Waals surface area contributed by atoms with Crippen LogP contribution in [-0.2, 0) is 0 Å². The van der Waals surface area contributed by atoms with Gasteiger partial charge in [0.05, 0.1) is 5.69 Å². The van der Waals surface area contributed by atoms with Crippen molar-refractivity contribution in [1.82, 2.24) is 0 Å². The van der Waals surface area contributed by atoms with Crippen molar-refractivity contribution in [3.63, 3.8) is 0 Å². The van der Waals surface area contributed by atoms with E-state index in [1.165, 1.54) is 22.0 Å². The van der Waals surface area contributed by atoms with Crippen molar-refractivity contribution in [3.05, 3.63) is 156 Å². The van der Waals surface area contributed by atoms with Gasteiger partial charge in [-0.1, -0.05) is 103 Å². The van der Waals surface area contributed by atoms with Crippen molar-refractivity contribution >= 4 is 56.1 Å². The number of hydrogen-bond donors (Lipinski definition) is 0. The normalized spacial score (nSPS) is 12.8. The first kappa shape index (κ1) is 25.7. The number of para-hydroxylation sites is 3. The zero-order valence-electron chi connectivity index (χ0n) is 24.6. The first-order valence-corrected chi connectivity index (χ1v) is 15.5. The van der Waals surface area contributed by atoms with Gasteiger partial charge in [0.1, 0.15) is 22.2 Å². The maximum absolute atomic E-state index is 6.42. The molecule has 8 aromatic rings. The van der Waals surface area contributed by atoms with E-state index in [-0.39, 0.29) is 0 Å². The van der Waals surface area contributed by atoms with Crippen LogP contribution in [0.5, 0.6) is 0 Å². The summed E-state index contributed by atoms with van der Waals surface area (Å²) in [6, 6.07) is 51.5. The Bertz CT molecular complexity index is 2500. The predicted octanol–water partition coefficient (Wildman–Crippen LogP) is 10.2. The summed E-state index contributed by atoms with van der Waals surface area (Å²) < 4.78 is 12.6. The van der Waals surface area contributed by atoms with Crippen LogP contribution in [0.4, 0.5) is 11.4 Å². The minimum Gasteiger partial charge on any atom is -0.456 e. The molecule has 0 atom stereocenters. The molecule has 1 aliphatic carbocycles. The fourth-order valence-corrected chi connectivity index (χ4v) is 6.90. The van der Waals surface area contributed by atoms with Gasteiger partial charge in [0.2, 0.25) is 0 Å². The van der Waals surface area contributed by atoms with Crippen LogP contribution in [0.1, 0.15) is 12.8 Å². The maximum Gasteiger partial charge on any atom is 0.135 e. The molecule has 0 N–H and O–H groups in total. The summed E-state index contributed by atoms with van der Waals surface area (Å²) in [5.74, 6) is 0. The third-order valence-electron chi connectivity index (χ3n) is 8.94. The van der Waals surface area contributed by atoms with Crippen LogP contribution >= 0.6 is 0 Å². The lowest BCUT2D eigenvalue weighted by Crippen LogP contribution is -2.33. The molecule has 45 heavy (non-hydrogen) atoms. The highest BCUT2D eigenvalue weighted by Crippen LogP contribution is 2.42. The van der Waals surface area contributed by atoms with Crippen LogP contribution in [0.3, 0.4) is 0 Å². The molecule has 1 aliphatic rings. The van der Waals surface area contributed by atoms with E-state index in [9.17, 15) is 0 Å². The van der Waals surface area contributed by atoms with E-state index < -0.39 is 0 Å². The lowest BCUT2D eigenvalue weighted by Gasteiger charge is -2.31. The molecular weight excluding hydrogens is 550 g/mol. The van der Waals surface area contributed by atoms with Crippen molar-refractivity contribution < 1.29 is 8.83 Å². The summed E-state index contributed by atoms with van der Waals surface area (Å²) in [5.41, 5.74) is 11.8. The van der Waals surface area contributed by atoms with Crippen LogP contribution in [0.15, 0.2) is 154 Å². The first-order valence-electron chi connectivity index (χ1n) is 15.5. The van der Waals surface area contributed by atoms with Crippen molar-refractivity contribution in [3.8, 4) is 22.3 Å². The van der Waals surface area contributed by atoms with Gasteiger partial charge in [-0.2, -0.15) is 0 Å². The predicted molar refractivity (Wildman–Crippen MR) is 186 cm³/mol. The fraction of sp³-hybridized carbons (Fsp3) is 0.0476. The molecule has 0 amide bonds. The van der Waals surface area contributed by atoms with E-state index in [1.54, 1.807) is 0 Å². The lowest BCUT2D eigenvalue weighted by atomic mass is 9.97. The summed E-state index contributed by atoms with van der Waals surface area (Å²) in [6.07, 6.45) is 4.04. The molecule has 2 heterocycles. The molecule has 0 saturated carbocycles. The summed E-state index contributed by atoms with van der Waals surface area (Å²) in [6.45, 7) is 0. The zero-order chi connectivity index (χ0) is 29.7. The highest BCUT2D eigenvalue weighted by molar-refractivity contribution is 6.07. The monoisotopic (exact) mass is 579 g/mol. The average Bonchev–Trinajstić information content (AvgIpc) is 3.68. The molecule has 0 bridgehead atoms. The fourth-order valence-electron chi connectivity index (χ4n) is 6.90. The third-order valence-corrected chi connectivity index (χ3v) is 8.94. The summed E-state index contributed by atoms with van der Waals surface area (Å²) in [5, 5.41) is 4.57. The Morgan fingerprint density at radius 3 is 2.09 bits per heavy atom. The summed E-state index contributed by atoms with van der Waals surface area (Å²) in [7, 11) is 0. The molecule has 0 spiro atoms. The summed E-state index contributed by atoms with van der Waals surface area (Å²) >= 11 is 0. The molecule has 3 nitrogen and oxygen atoms in total. The van der Waals surface area contributed by atoms with E-state index >= 15 is 0 Å². The van der Waals surface area contributed by atoms with E-state index in [0.717, 1.165) is 73.7 Å². The van der Waals surface area contributed by atoms with E-state index in [2.05, 4.69) is 138 Å². The van der Waals surface area contributed by atoms with Gasteiger partial charge in [0.25, 0.3) is 0 Å². The zero-order valence-corrected chi connectivity index (χ0v) is 24.6. The van der Waals surface area contributed by atoms with Crippen LogP contribution in [0.2, 0.25) is 0 Å². The standard InChI is InChI=1S/C42H29NO2/c1-2-12-28(13-3-1)29-14-10-15-31(26-29)43(37-20-11-23-41-42(37)34-18-6-9-22-39(34)45-41)36-19-7-4-16-32(36)30-24-25-40-35(27-30)33-17-5-8-21-38(33)44-40/h1-10,12-19,21-27H,11,20H2. The Labute approximate surface area is 260 Å². The number of hydrogen-bond acceptors (Lipinski definition) is 3. The van der Waals surface area contributed by atoms with Crippen molar-refractivity contribution in [1.29, 1.82) is 0 Å². The molecule has 0 fully saturated rings. The molecular formula is C42H29NO2.